The summed E-state index contributed by atoms with van der Waals surface area (Å²) in [5.74, 6) is 1.01. The molecule has 30 heavy (non-hydrogen) atoms. The molecule has 7 heteroatoms. The number of aromatic hydroxyl groups is 2. The van der Waals surface area contributed by atoms with E-state index in [-0.39, 0.29) is 11.8 Å². The predicted octanol–water partition coefficient (Wildman–Crippen LogP) is 3.39. The van der Waals surface area contributed by atoms with Crippen molar-refractivity contribution in [2.45, 2.75) is 6.54 Å². The van der Waals surface area contributed by atoms with Crippen LogP contribution in [0.3, 0.4) is 0 Å². The Morgan fingerprint density at radius 1 is 0.867 bits per heavy atom. The van der Waals surface area contributed by atoms with E-state index in [4.69, 9.17) is 4.74 Å². The lowest BCUT2D eigenvalue weighted by atomic mass is 10.0. The van der Waals surface area contributed by atoms with Gasteiger partial charge in [-0.1, -0.05) is 24.3 Å². The fraction of sp³-hybridized carbons (Fsp3) is 0.217. The number of morpholine rings is 1. The van der Waals surface area contributed by atoms with Gasteiger partial charge >= 0.3 is 0 Å². The summed E-state index contributed by atoms with van der Waals surface area (Å²) in [5.41, 5.74) is 4.01. The molecule has 1 aliphatic rings. The minimum atomic E-state index is 0.0379. The van der Waals surface area contributed by atoms with E-state index in [1.54, 1.807) is 6.33 Å². The fourth-order valence-corrected chi connectivity index (χ4v) is 3.89. The van der Waals surface area contributed by atoms with Gasteiger partial charge < -0.3 is 19.8 Å². The molecule has 0 unspecified atom stereocenters. The predicted molar refractivity (Wildman–Crippen MR) is 115 cm³/mol. The van der Waals surface area contributed by atoms with Gasteiger partial charge in [0.15, 0.2) is 11.8 Å². The van der Waals surface area contributed by atoms with Gasteiger partial charge in [0.2, 0.25) is 0 Å². The Kier molecular flexibility index (Phi) is 4.72. The second-order valence-electron chi connectivity index (χ2n) is 7.36. The Morgan fingerprint density at radius 3 is 2.43 bits per heavy atom. The molecule has 0 radical (unpaired) electrons. The molecule has 2 aromatic heterocycles. The van der Waals surface area contributed by atoms with Crippen molar-refractivity contribution in [2.24, 2.45) is 0 Å². The summed E-state index contributed by atoms with van der Waals surface area (Å²) < 4.78 is 6.94. The first-order valence-corrected chi connectivity index (χ1v) is 9.93. The molecule has 4 aromatic rings. The molecular weight excluding hydrogens is 380 g/mol. The largest absolute Gasteiger partial charge is 0.494 e. The number of hydrogen-bond acceptors (Lipinski definition) is 6. The van der Waals surface area contributed by atoms with Crippen LogP contribution in [0.4, 0.5) is 5.82 Å². The van der Waals surface area contributed by atoms with Gasteiger partial charge in [0.05, 0.1) is 25.3 Å². The first-order valence-electron chi connectivity index (χ1n) is 9.93. The minimum absolute atomic E-state index is 0.0379. The Hall–Kier alpha value is -3.58. The molecule has 152 valence electrons. The van der Waals surface area contributed by atoms with Gasteiger partial charge in [-0.05, 0) is 34.9 Å². The average Bonchev–Trinajstić information content (AvgIpc) is 3.11. The Balaban J connectivity index is 1.52. The van der Waals surface area contributed by atoms with Gasteiger partial charge in [-0.3, -0.25) is 4.57 Å². The van der Waals surface area contributed by atoms with Crippen LogP contribution in [0.1, 0.15) is 5.56 Å². The summed E-state index contributed by atoms with van der Waals surface area (Å²) in [4.78, 5) is 11.2. The van der Waals surface area contributed by atoms with Crippen LogP contribution in [0.2, 0.25) is 0 Å². The zero-order valence-corrected chi connectivity index (χ0v) is 16.4. The number of nitrogens with zero attached hydrogens (tertiary/aromatic N) is 4. The SMILES string of the molecule is Oc1ccc(O)n1Cc1cccc(-c2ccc3ncnc(N4CCOCC4)c3c2)c1. The summed E-state index contributed by atoms with van der Waals surface area (Å²) >= 11 is 0. The molecule has 1 saturated heterocycles. The maximum atomic E-state index is 9.93. The van der Waals surface area contributed by atoms with Gasteiger partial charge in [-0.25, -0.2) is 9.97 Å². The molecular formula is C23H22N4O3. The molecule has 0 atom stereocenters. The molecule has 2 aromatic carbocycles. The third-order valence-electron chi connectivity index (χ3n) is 5.46. The first-order chi connectivity index (χ1) is 14.7. The fourth-order valence-electron chi connectivity index (χ4n) is 3.89. The van der Waals surface area contributed by atoms with Crippen LogP contribution in [-0.4, -0.2) is 51.1 Å². The van der Waals surface area contributed by atoms with Crippen LogP contribution in [-0.2, 0) is 11.3 Å². The lowest BCUT2D eigenvalue weighted by Gasteiger charge is -2.28. The summed E-state index contributed by atoms with van der Waals surface area (Å²) in [6.45, 7) is 3.41. The highest BCUT2D eigenvalue weighted by atomic mass is 16.5. The second kappa shape index (κ2) is 7.68. The van der Waals surface area contributed by atoms with Gasteiger partial charge in [-0.15, -0.1) is 0 Å². The van der Waals surface area contributed by atoms with Crippen molar-refractivity contribution in [3.8, 4) is 22.9 Å². The van der Waals surface area contributed by atoms with Crippen molar-refractivity contribution in [1.82, 2.24) is 14.5 Å². The van der Waals surface area contributed by atoms with Crippen LogP contribution < -0.4 is 4.90 Å². The van der Waals surface area contributed by atoms with Crippen LogP contribution >= 0.6 is 0 Å². The van der Waals surface area contributed by atoms with E-state index in [0.717, 1.165) is 46.5 Å². The minimum Gasteiger partial charge on any atom is -0.494 e. The molecule has 0 saturated carbocycles. The summed E-state index contributed by atoms with van der Waals surface area (Å²) in [6.07, 6.45) is 1.61. The molecule has 2 N–H and O–H groups in total. The van der Waals surface area contributed by atoms with Gasteiger partial charge in [0.1, 0.15) is 12.1 Å². The van der Waals surface area contributed by atoms with E-state index in [0.29, 0.717) is 19.8 Å². The normalized spacial score (nSPS) is 14.3. The quantitative estimate of drug-likeness (QED) is 0.544. The number of hydrogen-bond donors (Lipinski definition) is 2. The van der Waals surface area contributed by atoms with Crippen LogP contribution in [0, 0.1) is 0 Å². The topological polar surface area (TPSA) is 83.6 Å². The maximum Gasteiger partial charge on any atom is 0.194 e. The average molecular weight is 402 g/mol. The lowest BCUT2D eigenvalue weighted by molar-refractivity contribution is 0.122. The molecule has 0 spiro atoms. The van der Waals surface area contributed by atoms with Crippen molar-refractivity contribution in [3.63, 3.8) is 0 Å². The zero-order chi connectivity index (χ0) is 20.5. The Bertz CT molecular complexity index is 1180. The van der Waals surface area contributed by atoms with Crippen LogP contribution in [0.15, 0.2) is 60.9 Å². The lowest BCUT2D eigenvalue weighted by Crippen LogP contribution is -2.36. The van der Waals surface area contributed by atoms with Gasteiger partial charge in [0.25, 0.3) is 0 Å². The first kappa shape index (κ1) is 18.4. The van der Waals surface area contributed by atoms with Crippen molar-refractivity contribution >= 4 is 16.7 Å². The molecule has 1 fully saturated rings. The number of anilines is 1. The van der Waals surface area contributed by atoms with Gasteiger partial charge in [0, 0.05) is 30.6 Å². The highest BCUT2D eigenvalue weighted by Crippen LogP contribution is 2.30. The molecule has 1 aliphatic heterocycles. The summed E-state index contributed by atoms with van der Waals surface area (Å²) in [5, 5.41) is 20.9. The van der Waals surface area contributed by atoms with Crippen LogP contribution in [0.25, 0.3) is 22.0 Å². The smallest absolute Gasteiger partial charge is 0.194 e. The van der Waals surface area contributed by atoms with E-state index >= 15 is 0 Å². The van der Waals surface area contributed by atoms with Crippen molar-refractivity contribution in [2.75, 3.05) is 31.2 Å². The third-order valence-corrected chi connectivity index (χ3v) is 5.46. The van der Waals surface area contributed by atoms with Crippen molar-refractivity contribution in [1.29, 1.82) is 0 Å². The molecule has 0 aliphatic carbocycles. The molecule has 0 bridgehead atoms. The summed E-state index contributed by atoms with van der Waals surface area (Å²) in [6, 6.07) is 17.3. The number of fused-ring (bicyclic) bond motifs is 1. The number of ether oxygens (including phenoxy) is 1. The number of benzene rings is 2. The molecule has 7 nitrogen and oxygen atoms in total. The molecule has 0 amide bonds. The molecule has 3 heterocycles. The standard InChI is InChI=1S/C23H22N4O3/c28-21-6-7-22(29)27(21)14-16-2-1-3-17(12-16)18-4-5-20-19(13-18)23(25-15-24-20)26-8-10-30-11-9-26/h1-7,12-13,15,28-29H,8-11,14H2. The van der Waals surface area contributed by atoms with Crippen LogP contribution in [0.5, 0.6) is 11.8 Å². The van der Waals surface area contributed by atoms with E-state index in [1.165, 1.54) is 16.7 Å². The number of aromatic nitrogens is 3. The second-order valence-corrected chi connectivity index (χ2v) is 7.36. The Labute approximate surface area is 173 Å². The molecule has 5 rings (SSSR count). The maximum absolute atomic E-state index is 9.93. The van der Waals surface area contributed by atoms with E-state index < -0.39 is 0 Å². The highest BCUT2D eigenvalue weighted by Gasteiger charge is 2.16. The van der Waals surface area contributed by atoms with E-state index in [9.17, 15) is 10.2 Å². The van der Waals surface area contributed by atoms with E-state index in [1.807, 2.05) is 18.2 Å². The van der Waals surface area contributed by atoms with E-state index in [2.05, 4.69) is 39.1 Å². The number of rotatable bonds is 4. The zero-order valence-electron chi connectivity index (χ0n) is 16.4. The van der Waals surface area contributed by atoms with Gasteiger partial charge in [-0.2, -0.15) is 0 Å². The Morgan fingerprint density at radius 2 is 1.63 bits per heavy atom. The van der Waals surface area contributed by atoms with Crippen molar-refractivity contribution < 1.29 is 14.9 Å². The monoisotopic (exact) mass is 402 g/mol. The summed E-state index contributed by atoms with van der Waals surface area (Å²) in [7, 11) is 0. The van der Waals surface area contributed by atoms with Crippen molar-refractivity contribution in [3.05, 3.63) is 66.5 Å². The third kappa shape index (κ3) is 3.44. The highest BCUT2D eigenvalue weighted by molar-refractivity contribution is 5.93.